The zero-order valence-electron chi connectivity index (χ0n) is 14.1. The highest BCUT2D eigenvalue weighted by atomic mass is 16.5. The predicted molar refractivity (Wildman–Crippen MR) is 90.2 cm³/mol. The van der Waals surface area contributed by atoms with Crippen molar-refractivity contribution in [2.45, 2.75) is 57.8 Å². The van der Waals surface area contributed by atoms with Crippen molar-refractivity contribution in [2.75, 3.05) is 6.61 Å². The lowest BCUT2D eigenvalue weighted by atomic mass is 9.98. The number of piperidine rings is 1. The van der Waals surface area contributed by atoms with Crippen molar-refractivity contribution >= 4 is 0 Å². The lowest BCUT2D eigenvalue weighted by Gasteiger charge is -2.27. The van der Waals surface area contributed by atoms with Gasteiger partial charge in [0.05, 0.1) is 6.61 Å². The van der Waals surface area contributed by atoms with Crippen molar-refractivity contribution in [1.29, 1.82) is 0 Å². The smallest absolute Gasteiger partial charge is 0.171 e. The maximum absolute atomic E-state index is 5.98. The first-order valence-corrected chi connectivity index (χ1v) is 8.85. The largest absolute Gasteiger partial charge is 0.490 e. The molecule has 2 unspecified atom stereocenters. The third-order valence-corrected chi connectivity index (χ3v) is 4.82. The molecule has 128 valence electrons. The monoisotopic (exact) mass is 328 g/mol. The van der Waals surface area contributed by atoms with Gasteiger partial charge < -0.3 is 19.4 Å². The van der Waals surface area contributed by atoms with E-state index in [9.17, 15) is 0 Å². The first-order chi connectivity index (χ1) is 11.8. The Morgan fingerprint density at radius 1 is 1.12 bits per heavy atom. The first kappa shape index (κ1) is 15.4. The van der Waals surface area contributed by atoms with Gasteiger partial charge in [-0.15, -0.1) is 10.2 Å². The summed E-state index contributed by atoms with van der Waals surface area (Å²) in [6.07, 6.45) is 4.71. The minimum atomic E-state index is 0.411. The molecule has 2 atom stereocenters. The third kappa shape index (κ3) is 3.11. The van der Waals surface area contributed by atoms with Gasteiger partial charge in [-0.05, 0) is 31.9 Å². The summed E-state index contributed by atoms with van der Waals surface area (Å²) in [7, 11) is 0. The number of ether oxygens (including phenoxy) is 2. The van der Waals surface area contributed by atoms with E-state index in [-0.39, 0.29) is 0 Å². The summed E-state index contributed by atoms with van der Waals surface area (Å²) in [6, 6.07) is 8.83. The minimum Gasteiger partial charge on any atom is -0.490 e. The molecule has 1 aromatic carbocycles. The maximum Gasteiger partial charge on any atom is 0.171 e. The molecule has 2 aromatic rings. The van der Waals surface area contributed by atoms with Crippen LogP contribution in [0.25, 0.3) is 0 Å². The topological polar surface area (TPSA) is 61.2 Å². The van der Waals surface area contributed by atoms with Crippen LogP contribution in [-0.2, 0) is 19.6 Å². The Kier molecular flexibility index (Phi) is 4.38. The second-order valence-electron chi connectivity index (χ2n) is 6.51. The summed E-state index contributed by atoms with van der Waals surface area (Å²) >= 11 is 0. The Hall–Kier alpha value is -2.08. The number of nitrogens with one attached hydrogen (secondary N) is 1. The van der Waals surface area contributed by atoms with Gasteiger partial charge in [-0.2, -0.15) is 0 Å². The van der Waals surface area contributed by atoms with Gasteiger partial charge in [0.1, 0.15) is 12.4 Å². The number of hydrogen-bond donors (Lipinski definition) is 1. The van der Waals surface area contributed by atoms with Gasteiger partial charge in [-0.1, -0.05) is 18.6 Å². The average Bonchev–Trinajstić information content (AvgIpc) is 2.91. The summed E-state index contributed by atoms with van der Waals surface area (Å²) < 4.78 is 13.8. The Morgan fingerprint density at radius 2 is 1.92 bits per heavy atom. The van der Waals surface area contributed by atoms with Gasteiger partial charge >= 0.3 is 0 Å². The summed E-state index contributed by atoms with van der Waals surface area (Å²) in [4.78, 5) is 0. The van der Waals surface area contributed by atoms with Crippen LogP contribution in [0.4, 0.5) is 0 Å². The first-order valence-electron chi connectivity index (χ1n) is 8.85. The molecular formula is C18H24N4O2. The van der Waals surface area contributed by atoms with Crippen LogP contribution in [0.5, 0.6) is 11.5 Å². The Bertz CT molecular complexity index is 700. The van der Waals surface area contributed by atoms with Crippen molar-refractivity contribution in [3.63, 3.8) is 0 Å². The summed E-state index contributed by atoms with van der Waals surface area (Å²) in [5, 5.41) is 12.5. The summed E-state index contributed by atoms with van der Waals surface area (Å²) in [5.41, 5.74) is 0. The highest BCUT2D eigenvalue weighted by molar-refractivity contribution is 5.39. The van der Waals surface area contributed by atoms with Crippen molar-refractivity contribution in [3.05, 3.63) is 35.9 Å². The van der Waals surface area contributed by atoms with Gasteiger partial charge in [0.15, 0.2) is 17.3 Å². The molecule has 0 aliphatic carbocycles. The molecule has 6 heteroatoms. The van der Waals surface area contributed by atoms with Crippen LogP contribution in [0.3, 0.4) is 0 Å². The molecule has 0 radical (unpaired) electrons. The van der Waals surface area contributed by atoms with Gasteiger partial charge in [-0.3, -0.25) is 0 Å². The van der Waals surface area contributed by atoms with Crippen LogP contribution in [0, 0.1) is 0 Å². The van der Waals surface area contributed by atoms with E-state index in [1.165, 1.54) is 19.3 Å². The fraction of sp³-hybridized carbons (Fsp3) is 0.556. The quantitative estimate of drug-likeness (QED) is 0.913. The summed E-state index contributed by atoms with van der Waals surface area (Å²) in [5.74, 6) is 3.49. The molecule has 2 bridgehead atoms. The molecule has 2 aliphatic rings. The number of aromatic nitrogens is 3. The lowest BCUT2D eigenvalue weighted by molar-refractivity contribution is 0.255. The van der Waals surface area contributed by atoms with E-state index < -0.39 is 0 Å². The van der Waals surface area contributed by atoms with Crippen LogP contribution in [0.2, 0.25) is 0 Å². The standard InChI is InChI=1S/C18H24N4O2/c1-2-23-15-8-3-4-9-16(15)24-12-18-21-20-17-10-13-6-5-7-14(19-13)11-22(17)18/h3-4,8-9,13-14,19H,2,5-7,10-12H2,1H3. The van der Waals surface area contributed by atoms with E-state index in [4.69, 9.17) is 9.47 Å². The second-order valence-corrected chi connectivity index (χ2v) is 6.51. The molecule has 0 saturated carbocycles. The maximum atomic E-state index is 5.98. The van der Waals surface area contributed by atoms with E-state index in [0.29, 0.717) is 25.3 Å². The van der Waals surface area contributed by atoms with Crippen LogP contribution in [-0.4, -0.2) is 33.5 Å². The number of rotatable bonds is 5. The minimum absolute atomic E-state index is 0.411. The van der Waals surface area contributed by atoms with Crippen molar-refractivity contribution < 1.29 is 9.47 Å². The molecule has 1 aromatic heterocycles. The highest BCUT2D eigenvalue weighted by Crippen LogP contribution is 2.28. The molecular weight excluding hydrogens is 304 g/mol. The molecule has 2 aliphatic heterocycles. The Labute approximate surface area is 142 Å². The van der Waals surface area contributed by atoms with Crippen LogP contribution in [0.15, 0.2) is 24.3 Å². The zero-order valence-corrected chi connectivity index (χ0v) is 14.1. The molecule has 24 heavy (non-hydrogen) atoms. The number of para-hydroxylation sites is 2. The fourth-order valence-corrected chi connectivity index (χ4v) is 3.68. The van der Waals surface area contributed by atoms with Gasteiger partial charge in [0.25, 0.3) is 0 Å². The summed E-state index contributed by atoms with van der Waals surface area (Å²) in [6.45, 7) is 3.94. The molecule has 6 nitrogen and oxygen atoms in total. The van der Waals surface area contributed by atoms with Crippen LogP contribution < -0.4 is 14.8 Å². The lowest BCUT2D eigenvalue weighted by Crippen LogP contribution is -2.43. The molecule has 1 fully saturated rings. The van der Waals surface area contributed by atoms with E-state index in [1.807, 2.05) is 31.2 Å². The van der Waals surface area contributed by atoms with E-state index in [0.717, 1.165) is 36.1 Å². The van der Waals surface area contributed by atoms with E-state index in [1.54, 1.807) is 0 Å². The van der Waals surface area contributed by atoms with Crippen molar-refractivity contribution in [1.82, 2.24) is 20.1 Å². The highest BCUT2D eigenvalue weighted by Gasteiger charge is 2.29. The number of fused-ring (bicyclic) bond motifs is 3. The molecule has 1 N–H and O–H groups in total. The molecule has 1 saturated heterocycles. The van der Waals surface area contributed by atoms with E-state index in [2.05, 4.69) is 20.1 Å². The zero-order chi connectivity index (χ0) is 16.4. The third-order valence-electron chi connectivity index (χ3n) is 4.82. The Balaban J connectivity index is 1.51. The van der Waals surface area contributed by atoms with Gasteiger partial charge in [0, 0.05) is 25.0 Å². The fourth-order valence-electron chi connectivity index (χ4n) is 3.68. The predicted octanol–water partition coefficient (Wildman–Crippen LogP) is 2.32. The molecule has 0 spiro atoms. The van der Waals surface area contributed by atoms with Crippen molar-refractivity contribution in [3.8, 4) is 11.5 Å². The number of benzene rings is 1. The second kappa shape index (κ2) is 6.81. The number of hydrogen-bond acceptors (Lipinski definition) is 5. The average molecular weight is 328 g/mol. The van der Waals surface area contributed by atoms with Gasteiger partial charge in [-0.25, -0.2) is 0 Å². The molecule has 0 amide bonds. The molecule has 3 heterocycles. The number of nitrogens with zero attached hydrogens (tertiary/aromatic N) is 3. The van der Waals surface area contributed by atoms with Crippen LogP contribution >= 0.6 is 0 Å². The van der Waals surface area contributed by atoms with E-state index >= 15 is 0 Å². The normalized spacial score (nSPS) is 22.5. The Morgan fingerprint density at radius 3 is 2.75 bits per heavy atom. The van der Waals surface area contributed by atoms with Crippen molar-refractivity contribution in [2.24, 2.45) is 0 Å². The van der Waals surface area contributed by atoms with Crippen LogP contribution in [0.1, 0.15) is 37.8 Å². The molecule has 4 rings (SSSR count). The van der Waals surface area contributed by atoms with Gasteiger partial charge in [0.2, 0.25) is 0 Å². The SMILES string of the molecule is CCOc1ccccc1OCc1nnc2n1CC1CCCC(C2)N1.